The van der Waals surface area contributed by atoms with Crippen molar-refractivity contribution in [1.82, 2.24) is 5.32 Å². The highest BCUT2D eigenvalue weighted by atomic mass is 16.8. The highest BCUT2D eigenvalue weighted by molar-refractivity contribution is 5.69. The van der Waals surface area contributed by atoms with Gasteiger partial charge in [-0.1, -0.05) is 0 Å². The van der Waals surface area contributed by atoms with Crippen LogP contribution in [0.4, 0.5) is 0 Å². The minimum atomic E-state index is -2.25. The molecular formula is C47H79NO36. The van der Waals surface area contributed by atoms with E-state index in [0.29, 0.717) is 13.0 Å². The topological polar surface area (TPSA) is 572 Å². The van der Waals surface area contributed by atoms with Gasteiger partial charge in [0.05, 0.1) is 39.6 Å². The molecule has 0 radical (unpaired) electrons. The maximum absolute atomic E-state index is 12.8. The van der Waals surface area contributed by atoms with Crippen LogP contribution >= 0.6 is 0 Å². The van der Waals surface area contributed by atoms with Crippen molar-refractivity contribution in [3.8, 4) is 0 Å². The molecule has 21 heterocycles. The highest BCUT2D eigenvalue weighted by Crippen LogP contribution is 2.39. The SMILES string of the molecule is CNCCCC(=O)OC[C@H]1O[C@@H]2O[C@H]3[C@H](O)[C@@H](O)[C@@H](O[C@H]4[C@H](O)[C@@H](O)[C@@H](O[C@H]5[C@H](O)[C@@H](O)[C@@H](O[C@H]6[C@@H](O)[C@H](O)[C@@H](O[C@H]7[C@@H](O)[C@H](O)[C@@H](O[C@H]8[C@@H](O)[C@H](O)[C@@H](O[C@H]1[C@H](O)[C@H]2O)O[C@@H]8CO)O[C@@H]7CO)O[C@@H]6CO)O[C@@H]5CO)O[C@@H]4CO)O[C@@H]3CO. The molecule has 35 atom stereocenters. The Balaban J connectivity index is 1.09. The van der Waals surface area contributed by atoms with Crippen molar-refractivity contribution in [3.05, 3.63) is 0 Å². The van der Waals surface area contributed by atoms with E-state index in [-0.39, 0.29) is 6.42 Å². The zero-order valence-electron chi connectivity index (χ0n) is 44.8. The first kappa shape index (κ1) is 68.0. The summed E-state index contributed by atoms with van der Waals surface area (Å²) in [5, 5.41) is 225. The summed E-state index contributed by atoms with van der Waals surface area (Å²) in [6, 6.07) is 0. The molecule has 37 nitrogen and oxygen atoms in total. The molecule has 0 amide bonds. The van der Waals surface area contributed by atoms with E-state index in [4.69, 9.17) is 71.1 Å². The predicted molar refractivity (Wildman–Crippen MR) is 255 cm³/mol. The first-order chi connectivity index (χ1) is 40.0. The molecule has 0 unspecified atom stereocenters. The first-order valence-electron chi connectivity index (χ1n) is 27.2. The van der Waals surface area contributed by atoms with E-state index >= 15 is 0 Å². The van der Waals surface area contributed by atoms with Gasteiger partial charge in [-0.15, -0.1) is 0 Å². The zero-order chi connectivity index (χ0) is 61.2. The van der Waals surface area contributed by atoms with Gasteiger partial charge in [-0.2, -0.15) is 0 Å². The van der Waals surface area contributed by atoms with Gasteiger partial charge in [0.1, 0.15) is 178 Å². The molecule has 21 aliphatic rings. The maximum Gasteiger partial charge on any atom is 0.305 e. The van der Waals surface area contributed by atoms with Crippen LogP contribution in [0.3, 0.4) is 0 Å². The van der Waals surface area contributed by atoms with Crippen LogP contribution in [0, 0.1) is 0 Å². The molecule has 21 rings (SSSR count). The minimum absolute atomic E-state index is 0.148. The number of ether oxygens (including phenoxy) is 15. The van der Waals surface area contributed by atoms with Crippen LogP contribution in [0.5, 0.6) is 0 Å². The number of carbonyl (C=O) groups excluding carboxylic acids is 1. The summed E-state index contributed by atoms with van der Waals surface area (Å²) in [5.41, 5.74) is 0. The van der Waals surface area contributed by atoms with E-state index in [0.717, 1.165) is 0 Å². The third-order valence-electron chi connectivity index (χ3n) is 15.8. The number of carbonyl (C=O) groups is 1. The molecule has 84 heavy (non-hydrogen) atoms. The van der Waals surface area contributed by atoms with Crippen molar-refractivity contribution >= 4 is 5.97 Å². The van der Waals surface area contributed by atoms with Gasteiger partial charge in [0.25, 0.3) is 0 Å². The molecule has 0 aromatic heterocycles. The van der Waals surface area contributed by atoms with Crippen molar-refractivity contribution in [2.45, 2.75) is 228 Å². The smallest absolute Gasteiger partial charge is 0.305 e. The van der Waals surface area contributed by atoms with Gasteiger partial charge in [-0.25, -0.2) is 0 Å². The van der Waals surface area contributed by atoms with Crippen LogP contribution in [0.2, 0.25) is 0 Å². The Morgan fingerprint density at radius 3 is 0.690 bits per heavy atom. The number of aliphatic hydroxyl groups excluding tert-OH is 20. The van der Waals surface area contributed by atoms with Crippen molar-refractivity contribution in [1.29, 1.82) is 0 Å². The van der Waals surface area contributed by atoms with Gasteiger partial charge >= 0.3 is 5.97 Å². The molecular weight excluding hydrogens is 1150 g/mol. The second-order valence-electron chi connectivity index (χ2n) is 21.4. The standard InChI is InChI=1S/C47H79NO36/c1-48-4-2-3-19(55)70-11-18-40-26(62)33(69)47(77-18)83-39-17(10-54)75-45(31(67)24(39)60)81-37-15(8-52)73-43(29(65)22(37)58)79-35-13(6-50)71-41(27(63)20(35)56)78-34-12(5-49)72-42(28(64)21(34)57)80-36-14(7-51)74-44(30(66)23(36)59)82-38-16(9-53)76-46(84-40)32(68)25(38)61/h12-18,20-54,56-69H,2-11H2,1H3/t12-,13-,14-,15-,16-,17-,18-,20-,21+,22-,23+,24-,25+,26-,27-,28+,29-,30+,31-,32+,33-,34-,35-,36-,37-,38-,39-,40-,41-,42-,43-,44-,45-,46-,47-/m1/s1. The minimum Gasteiger partial charge on any atom is -0.463 e. The number of aliphatic hydroxyl groups is 20. The Morgan fingerprint density at radius 1 is 0.310 bits per heavy atom. The molecule has 0 spiro atoms. The zero-order valence-corrected chi connectivity index (χ0v) is 44.8. The lowest BCUT2D eigenvalue weighted by Gasteiger charge is -2.50. The summed E-state index contributed by atoms with van der Waals surface area (Å²) in [6.45, 7) is -6.79. The van der Waals surface area contributed by atoms with E-state index < -0.39 is 267 Å². The summed E-state index contributed by atoms with van der Waals surface area (Å²) < 4.78 is 86.0. The third-order valence-corrected chi connectivity index (χ3v) is 15.8. The van der Waals surface area contributed by atoms with E-state index in [1.165, 1.54) is 0 Å². The van der Waals surface area contributed by atoms with Gasteiger partial charge in [0, 0.05) is 6.42 Å². The molecule has 0 aromatic rings. The van der Waals surface area contributed by atoms with Gasteiger partial charge < -0.3 is 179 Å². The summed E-state index contributed by atoms with van der Waals surface area (Å²) in [4.78, 5) is 12.8. The number of hydrogen-bond donors (Lipinski definition) is 21. The fraction of sp³-hybridized carbons (Fsp3) is 0.979. The Labute approximate surface area is 476 Å². The number of hydrogen-bond acceptors (Lipinski definition) is 37. The van der Waals surface area contributed by atoms with E-state index in [1.807, 2.05) is 0 Å². The van der Waals surface area contributed by atoms with Gasteiger partial charge in [-0.3, -0.25) is 4.79 Å². The molecule has 21 aliphatic heterocycles. The fourth-order valence-electron chi connectivity index (χ4n) is 11.1. The van der Waals surface area contributed by atoms with Crippen LogP contribution in [0.1, 0.15) is 12.8 Å². The molecule has 0 aromatic carbocycles. The lowest BCUT2D eigenvalue weighted by molar-refractivity contribution is -0.396. The first-order valence-corrected chi connectivity index (χ1v) is 27.2. The molecule has 21 fully saturated rings. The second kappa shape index (κ2) is 29.8. The normalized spacial score (nSPS) is 51.7. The van der Waals surface area contributed by atoms with Gasteiger partial charge in [-0.05, 0) is 20.0 Å². The molecule has 0 aliphatic carbocycles. The molecule has 14 bridgehead atoms. The fourth-order valence-corrected chi connectivity index (χ4v) is 11.1. The number of nitrogens with one attached hydrogen (secondary N) is 1. The van der Waals surface area contributed by atoms with Gasteiger partial charge in [0.15, 0.2) is 44.0 Å². The molecule has 0 saturated carbocycles. The summed E-state index contributed by atoms with van der Waals surface area (Å²) in [6.07, 6.45) is -71.0. The summed E-state index contributed by atoms with van der Waals surface area (Å²) in [5.74, 6) is -0.805. The Morgan fingerprint density at radius 2 is 0.500 bits per heavy atom. The predicted octanol–water partition coefficient (Wildman–Crippen LogP) is -14.7. The third kappa shape index (κ3) is 14.2. The lowest BCUT2D eigenvalue weighted by Crippen LogP contribution is -2.68. The van der Waals surface area contributed by atoms with Crippen LogP contribution in [-0.4, -0.2) is 383 Å². The largest absolute Gasteiger partial charge is 0.463 e. The maximum atomic E-state index is 12.8. The Hall–Kier alpha value is -1.93. The van der Waals surface area contributed by atoms with Crippen LogP contribution < -0.4 is 5.32 Å². The van der Waals surface area contributed by atoms with E-state index in [9.17, 15) is 107 Å². The van der Waals surface area contributed by atoms with Crippen molar-refractivity contribution < 1.29 is 178 Å². The van der Waals surface area contributed by atoms with Crippen molar-refractivity contribution in [2.24, 2.45) is 0 Å². The second-order valence-corrected chi connectivity index (χ2v) is 21.4. The van der Waals surface area contributed by atoms with Crippen molar-refractivity contribution in [3.63, 3.8) is 0 Å². The molecule has 21 N–H and O–H groups in total. The number of esters is 1. The molecule has 37 heteroatoms. The molecule has 488 valence electrons. The average molecular weight is 1230 g/mol. The quantitative estimate of drug-likeness (QED) is 0.0637. The van der Waals surface area contributed by atoms with E-state index in [1.54, 1.807) is 7.05 Å². The lowest BCUT2D eigenvalue weighted by atomic mass is 9.95. The highest BCUT2D eigenvalue weighted by Gasteiger charge is 2.59. The Bertz CT molecular complexity index is 2010. The van der Waals surface area contributed by atoms with E-state index in [2.05, 4.69) is 5.32 Å². The summed E-state index contributed by atoms with van der Waals surface area (Å²) >= 11 is 0. The Kier molecular flexibility index (Phi) is 24.1. The molecule has 21 saturated heterocycles. The van der Waals surface area contributed by atoms with Crippen LogP contribution in [0.25, 0.3) is 0 Å². The van der Waals surface area contributed by atoms with Crippen LogP contribution in [-0.2, 0) is 75.8 Å². The van der Waals surface area contributed by atoms with Crippen molar-refractivity contribution in [2.75, 3.05) is 59.8 Å². The number of rotatable bonds is 12. The van der Waals surface area contributed by atoms with Gasteiger partial charge in [0.2, 0.25) is 0 Å². The van der Waals surface area contributed by atoms with Crippen LogP contribution in [0.15, 0.2) is 0 Å². The average Bonchev–Trinajstić information content (AvgIpc) is 1.90. The monoisotopic (exact) mass is 1230 g/mol. The summed E-state index contributed by atoms with van der Waals surface area (Å²) in [7, 11) is 1.63.